The number of aromatic nitrogens is 2. The number of imidazole rings is 1. The highest BCUT2D eigenvalue weighted by Crippen LogP contribution is 2.16. The molecule has 1 saturated heterocycles. The van der Waals surface area contributed by atoms with Gasteiger partial charge in [-0.3, -0.25) is 4.79 Å². The van der Waals surface area contributed by atoms with Crippen LogP contribution in [0.3, 0.4) is 0 Å². The summed E-state index contributed by atoms with van der Waals surface area (Å²) in [6.07, 6.45) is 2.60. The van der Waals surface area contributed by atoms with Crippen LogP contribution in [0.15, 0.2) is 24.3 Å². The lowest BCUT2D eigenvalue weighted by molar-refractivity contribution is -0.126. The second kappa shape index (κ2) is 9.11. The maximum atomic E-state index is 12.1. The number of carbonyl (C=O) groups is 1. The topological polar surface area (TPSA) is 69.8 Å². The number of halogens is 2. The molecule has 7 heteroatoms. The minimum atomic E-state index is 0. The number of nitrogens with one attached hydrogen (secondary N) is 3. The lowest BCUT2D eigenvalue weighted by atomic mass is 9.92. The Morgan fingerprint density at radius 1 is 1.35 bits per heavy atom. The Balaban J connectivity index is 0.00000132. The normalized spacial score (nSPS) is 20.4. The van der Waals surface area contributed by atoms with Gasteiger partial charge in [-0.05, 0) is 38.4 Å². The molecular weight excluding hydrogens is 335 g/mol. The monoisotopic (exact) mass is 358 g/mol. The number of aromatic amines is 1. The van der Waals surface area contributed by atoms with E-state index in [9.17, 15) is 4.79 Å². The standard InChI is InChI=1S/C16H22N4O.2ClH/c1-11-10-12(6-8-17-11)16(21)18-9-7-15-19-13-4-2-3-5-14(13)20-15;;/h2-5,11-12,17H,6-10H2,1H3,(H,18,21)(H,19,20);2*1H/t11-,12-;;/m0../s1. The van der Waals surface area contributed by atoms with Crippen molar-refractivity contribution in [2.75, 3.05) is 13.1 Å². The van der Waals surface area contributed by atoms with Crippen molar-refractivity contribution in [2.45, 2.75) is 32.2 Å². The Morgan fingerprint density at radius 2 is 2.13 bits per heavy atom. The Hall–Kier alpha value is -1.30. The molecule has 0 radical (unpaired) electrons. The van der Waals surface area contributed by atoms with Gasteiger partial charge in [-0.1, -0.05) is 12.1 Å². The smallest absolute Gasteiger partial charge is 0.223 e. The molecule has 1 aromatic carbocycles. The Labute approximate surface area is 148 Å². The minimum Gasteiger partial charge on any atom is -0.355 e. The van der Waals surface area contributed by atoms with Crippen LogP contribution in [-0.2, 0) is 11.2 Å². The minimum absolute atomic E-state index is 0. The van der Waals surface area contributed by atoms with Gasteiger partial charge in [-0.2, -0.15) is 0 Å². The third-order valence-electron chi connectivity index (χ3n) is 4.09. The zero-order chi connectivity index (χ0) is 14.7. The number of piperidine rings is 1. The first-order valence-corrected chi connectivity index (χ1v) is 7.67. The van der Waals surface area contributed by atoms with Gasteiger partial charge >= 0.3 is 0 Å². The van der Waals surface area contributed by atoms with Gasteiger partial charge < -0.3 is 15.6 Å². The van der Waals surface area contributed by atoms with E-state index in [-0.39, 0.29) is 36.6 Å². The highest BCUT2D eigenvalue weighted by molar-refractivity contribution is 5.85. The highest BCUT2D eigenvalue weighted by atomic mass is 35.5. The molecule has 128 valence electrons. The van der Waals surface area contributed by atoms with E-state index >= 15 is 0 Å². The molecule has 5 nitrogen and oxygen atoms in total. The van der Waals surface area contributed by atoms with Crippen molar-refractivity contribution in [1.82, 2.24) is 20.6 Å². The van der Waals surface area contributed by atoms with Gasteiger partial charge in [0.1, 0.15) is 5.82 Å². The number of benzene rings is 1. The molecule has 3 rings (SSSR count). The SMILES string of the molecule is C[C@H]1C[C@@H](C(=O)NCCc2nc3ccccc3[nH]2)CCN1.Cl.Cl. The van der Waals surface area contributed by atoms with Crippen molar-refractivity contribution in [1.29, 1.82) is 0 Å². The number of H-pyrrole nitrogens is 1. The van der Waals surface area contributed by atoms with Crippen molar-refractivity contribution in [3.63, 3.8) is 0 Å². The number of hydrogen-bond acceptors (Lipinski definition) is 3. The van der Waals surface area contributed by atoms with Crippen LogP contribution < -0.4 is 10.6 Å². The largest absolute Gasteiger partial charge is 0.355 e. The second-order valence-corrected chi connectivity index (χ2v) is 5.82. The van der Waals surface area contributed by atoms with Gasteiger partial charge in [0.2, 0.25) is 5.91 Å². The van der Waals surface area contributed by atoms with Crippen molar-refractivity contribution in [3.05, 3.63) is 30.1 Å². The maximum absolute atomic E-state index is 12.1. The molecule has 0 saturated carbocycles. The molecule has 1 amide bonds. The molecule has 1 aliphatic heterocycles. The van der Waals surface area contributed by atoms with Gasteiger partial charge in [-0.15, -0.1) is 24.8 Å². The quantitative estimate of drug-likeness (QED) is 0.786. The number of carbonyl (C=O) groups excluding carboxylic acids is 1. The summed E-state index contributed by atoms with van der Waals surface area (Å²) in [5.74, 6) is 1.26. The van der Waals surface area contributed by atoms with Gasteiger partial charge in [0, 0.05) is 24.9 Å². The number of para-hydroxylation sites is 2. The van der Waals surface area contributed by atoms with Gasteiger partial charge in [-0.25, -0.2) is 4.98 Å². The fourth-order valence-corrected chi connectivity index (χ4v) is 2.94. The van der Waals surface area contributed by atoms with Crippen LogP contribution in [0.4, 0.5) is 0 Å². The molecule has 0 unspecified atom stereocenters. The summed E-state index contributed by atoms with van der Waals surface area (Å²) in [5.41, 5.74) is 2.03. The van der Waals surface area contributed by atoms with Crippen molar-refractivity contribution in [2.24, 2.45) is 5.92 Å². The molecule has 1 fully saturated rings. The molecule has 1 aliphatic rings. The third kappa shape index (κ3) is 5.09. The zero-order valence-corrected chi connectivity index (χ0v) is 14.8. The third-order valence-corrected chi connectivity index (χ3v) is 4.09. The predicted molar refractivity (Wildman–Crippen MR) is 97.5 cm³/mol. The average Bonchev–Trinajstić information content (AvgIpc) is 2.89. The van der Waals surface area contributed by atoms with Crippen molar-refractivity contribution >= 4 is 41.8 Å². The van der Waals surface area contributed by atoms with E-state index in [1.54, 1.807) is 0 Å². The maximum Gasteiger partial charge on any atom is 0.223 e. The molecule has 2 heterocycles. The van der Waals surface area contributed by atoms with E-state index in [0.29, 0.717) is 12.6 Å². The number of amides is 1. The number of hydrogen-bond donors (Lipinski definition) is 3. The Bertz CT molecular complexity index is 598. The average molecular weight is 359 g/mol. The van der Waals surface area contributed by atoms with E-state index in [2.05, 4.69) is 27.5 Å². The van der Waals surface area contributed by atoms with Crippen LogP contribution in [0.25, 0.3) is 11.0 Å². The molecule has 2 atom stereocenters. The Morgan fingerprint density at radius 3 is 2.87 bits per heavy atom. The fourth-order valence-electron chi connectivity index (χ4n) is 2.94. The number of fused-ring (bicyclic) bond motifs is 1. The molecule has 0 bridgehead atoms. The van der Waals surface area contributed by atoms with E-state index in [0.717, 1.165) is 42.7 Å². The first kappa shape index (κ1) is 19.7. The van der Waals surface area contributed by atoms with E-state index in [1.807, 2.05) is 24.3 Å². The molecule has 23 heavy (non-hydrogen) atoms. The highest BCUT2D eigenvalue weighted by Gasteiger charge is 2.24. The van der Waals surface area contributed by atoms with Crippen LogP contribution in [0, 0.1) is 5.92 Å². The molecule has 0 spiro atoms. The lowest BCUT2D eigenvalue weighted by Crippen LogP contribution is -2.42. The Kier molecular flexibility index (Phi) is 7.82. The van der Waals surface area contributed by atoms with Crippen molar-refractivity contribution in [3.8, 4) is 0 Å². The van der Waals surface area contributed by atoms with Crippen LogP contribution in [0.1, 0.15) is 25.6 Å². The number of rotatable bonds is 4. The van der Waals surface area contributed by atoms with Gasteiger partial charge in [0.15, 0.2) is 0 Å². The van der Waals surface area contributed by atoms with E-state index < -0.39 is 0 Å². The van der Waals surface area contributed by atoms with Crippen LogP contribution in [0.2, 0.25) is 0 Å². The van der Waals surface area contributed by atoms with Crippen LogP contribution in [-0.4, -0.2) is 35.0 Å². The van der Waals surface area contributed by atoms with Gasteiger partial charge in [0.25, 0.3) is 0 Å². The summed E-state index contributed by atoms with van der Waals surface area (Å²) < 4.78 is 0. The molecule has 1 aromatic heterocycles. The molecule has 2 aromatic rings. The molecular formula is C16H24Cl2N4O. The molecule has 0 aliphatic carbocycles. The summed E-state index contributed by atoms with van der Waals surface area (Å²) in [7, 11) is 0. The van der Waals surface area contributed by atoms with E-state index in [4.69, 9.17) is 0 Å². The van der Waals surface area contributed by atoms with Crippen LogP contribution in [0.5, 0.6) is 0 Å². The first-order valence-electron chi connectivity index (χ1n) is 7.67. The number of nitrogens with zero attached hydrogens (tertiary/aromatic N) is 1. The summed E-state index contributed by atoms with van der Waals surface area (Å²) in [5, 5.41) is 6.41. The first-order chi connectivity index (χ1) is 10.2. The summed E-state index contributed by atoms with van der Waals surface area (Å²) in [4.78, 5) is 19.9. The zero-order valence-electron chi connectivity index (χ0n) is 13.2. The second-order valence-electron chi connectivity index (χ2n) is 5.82. The van der Waals surface area contributed by atoms with E-state index in [1.165, 1.54) is 0 Å². The van der Waals surface area contributed by atoms with Crippen molar-refractivity contribution < 1.29 is 4.79 Å². The van der Waals surface area contributed by atoms with Crippen LogP contribution >= 0.6 is 24.8 Å². The summed E-state index contributed by atoms with van der Waals surface area (Å²) >= 11 is 0. The summed E-state index contributed by atoms with van der Waals surface area (Å²) in [6.45, 7) is 3.70. The summed E-state index contributed by atoms with van der Waals surface area (Å²) in [6, 6.07) is 8.41. The molecule has 3 N–H and O–H groups in total. The lowest BCUT2D eigenvalue weighted by Gasteiger charge is -2.27. The predicted octanol–water partition coefficient (Wildman–Crippen LogP) is 2.45. The van der Waals surface area contributed by atoms with Gasteiger partial charge in [0.05, 0.1) is 11.0 Å². The fraction of sp³-hybridized carbons (Fsp3) is 0.500.